The molecule has 0 spiro atoms. The van der Waals surface area contributed by atoms with Gasteiger partial charge in [0.1, 0.15) is 6.54 Å². The number of hydrogen-bond donors (Lipinski definition) is 0. The molecule has 2 aliphatic heterocycles. The van der Waals surface area contributed by atoms with Crippen molar-refractivity contribution in [2.75, 3.05) is 55.6 Å². The highest BCUT2D eigenvalue weighted by Gasteiger charge is 2.32. The Morgan fingerprint density at radius 1 is 0.933 bits per heavy atom. The van der Waals surface area contributed by atoms with Gasteiger partial charge in [0, 0.05) is 55.7 Å². The first-order valence-electron chi connectivity index (χ1n) is 10.3. The minimum atomic E-state index is -0.0969. The summed E-state index contributed by atoms with van der Waals surface area (Å²) in [4.78, 5) is 33.1. The summed E-state index contributed by atoms with van der Waals surface area (Å²) in [6, 6.07) is 13.7. The second-order valence-corrected chi connectivity index (χ2v) is 8.43. The lowest BCUT2D eigenvalue weighted by atomic mass is 10.1. The van der Waals surface area contributed by atoms with Crippen LogP contribution >= 0.6 is 11.6 Å². The number of rotatable bonds is 4. The summed E-state index contributed by atoms with van der Waals surface area (Å²) < 4.78 is 0. The third-order valence-corrected chi connectivity index (χ3v) is 6.15. The maximum absolute atomic E-state index is 12.8. The summed E-state index contributed by atoms with van der Waals surface area (Å²) in [5.41, 5.74) is 4.34. The average Bonchev–Trinajstić information content (AvgIpc) is 3.10. The van der Waals surface area contributed by atoms with E-state index in [1.807, 2.05) is 54.3 Å². The van der Waals surface area contributed by atoms with Gasteiger partial charge in [0.15, 0.2) is 0 Å². The number of halogens is 1. The molecule has 158 valence electrons. The fraction of sp³-hybridized carbons (Fsp3) is 0.391. The van der Waals surface area contributed by atoms with Gasteiger partial charge in [0.05, 0.1) is 0 Å². The number of benzene rings is 2. The third kappa shape index (κ3) is 4.24. The van der Waals surface area contributed by atoms with Gasteiger partial charge in [-0.05, 0) is 43.7 Å². The molecule has 6 nitrogen and oxygen atoms in total. The molecule has 7 heteroatoms. The van der Waals surface area contributed by atoms with Crippen LogP contribution in [0.25, 0.3) is 0 Å². The van der Waals surface area contributed by atoms with Crippen LogP contribution in [0.1, 0.15) is 11.1 Å². The first-order valence-corrected chi connectivity index (χ1v) is 10.7. The lowest BCUT2D eigenvalue weighted by Gasteiger charge is -2.37. The molecule has 2 aromatic carbocycles. The standard InChI is InChI=1S/C23H27ClN4O2/c1-17-3-7-20(8-4-17)28-14-13-27(23(28)30)16-22(29)26-11-9-25(10-12-26)21-15-19(24)6-5-18(21)2/h3-8,15H,9-14,16H2,1-2H3. The van der Waals surface area contributed by atoms with Crippen LogP contribution in [0.15, 0.2) is 42.5 Å². The molecule has 2 saturated heterocycles. The Kier molecular flexibility index (Phi) is 5.86. The molecule has 0 unspecified atom stereocenters. The summed E-state index contributed by atoms with van der Waals surface area (Å²) in [5, 5.41) is 0.722. The zero-order valence-electron chi connectivity index (χ0n) is 17.5. The van der Waals surface area contributed by atoms with E-state index in [0.29, 0.717) is 26.2 Å². The Hall–Kier alpha value is -2.73. The Bertz CT molecular complexity index is 939. The van der Waals surface area contributed by atoms with Crippen molar-refractivity contribution >= 4 is 34.9 Å². The molecule has 0 N–H and O–H groups in total. The Morgan fingerprint density at radius 3 is 2.33 bits per heavy atom. The lowest BCUT2D eigenvalue weighted by Crippen LogP contribution is -2.51. The third-order valence-electron chi connectivity index (χ3n) is 5.91. The number of amides is 3. The van der Waals surface area contributed by atoms with Gasteiger partial charge < -0.3 is 14.7 Å². The molecule has 2 heterocycles. The number of aryl methyl sites for hydroxylation is 2. The number of nitrogens with zero attached hydrogens (tertiary/aromatic N) is 4. The molecule has 4 rings (SSSR count). The second kappa shape index (κ2) is 8.56. The summed E-state index contributed by atoms with van der Waals surface area (Å²) in [6.45, 7) is 8.22. The highest BCUT2D eigenvalue weighted by molar-refractivity contribution is 6.30. The maximum atomic E-state index is 12.8. The number of carbonyl (C=O) groups is 2. The van der Waals surface area contributed by atoms with Gasteiger partial charge in [0.2, 0.25) is 5.91 Å². The maximum Gasteiger partial charge on any atom is 0.325 e. The molecule has 0 bridgehead atoms. The average molecular weight is 427 g/mol. The summed E-state index contributed by atoms with van der Waals surface area (Å²) >= 11 is 6.16. The topological polar surface area (TPSA) is 47.1 Å². The van der Waals surface area contributed by atoms with E-state index < -0.39 is 0 Å². The number of urea groups is 1. The number of hydrogen-bond acceptors (Lipinski definition) is 3. The quantitative estimate of drug-likeness (QED) is 0.751. The Morgan fingerprint density at radius 2 is 1.63 bits per heavy atom. The lowest BCUT2D eigenvalue weighted by molar-refractivity contribution is -0.131. The van der Waals surface area contributed by atoms with Crippen LogP contribution in [-0.4, -0.2) is 67.6 Å². The summed E-state index contributed by atoms with van der Waals surface area (Å²) in [7, 11) is 0. The molecular formula is C23H27ClN4O2. The van der Waals surface area contributed by atoms with E-state index in [1.54, 1.807) is 9.80 Å². The van der Waals surface area contributed by atoms with Gasteiger partial charge >= 0.3 is 6.03 Å². The van der Waals surface area contributed by atoms with Crippen molar-refractivity contribution in [3.63, 3.8) is 0 Å². The van der Waals surface area contributed by atoms with Gasteiger partial charge in [0.25, 0.3) is 0 Å². The summed E-state index contributed by atoms with van der Waals surface area (Å²) in [5.74, 6) is 0.0107. The first-order chi connectivity index (χ1) is 14.4. The van der Waals surface area contributed by atoms with Crippen molar-refractivity contribution < 1.29 is 9.59 Å². The smallest absolute Gasteiger partial charge is 0.325 e. The molecule has 2 aliphatic rings. The van der Waals surface area contributed by atoms with Crippen LogP contribution in [-0.2, 0) is 4.79 Å². The Balaban J connectivity index is 1.32. The van der Waals surface area contributed by atoms with E-state index in [-0.39, 0.29) is 18.5 Å². The van der Waals surface area contributed by atoms with Gasteiger partial charge in [-0.15, -0.1) is 0 Å². The predicted molar refractivity (Wildman–Crippen MR) is 120 cm³/mol. The van der Waals surface area contributed by atoms with Crippen molar-refractivity contribution in [3.8, 4) is 0 Å². The zero-order chi connectivity index (χ0) is 21.3. The minimum absolute atomic E-state index is 0.0107. The monoisotopic (exact) mass is 426 g/mol. The normalized spacial score (nSPS) is 17.1. The Labute approximate surface area is 182 Å². The largest absolute Gasteiger partial charge is 0.368 e. The highest BCUT2D eigenvalue weighted by Crippen LogP contribution is 2.25. The molecule has 3 amide bonds. The molecule has 0 radical (unpaired) electrons. The fourth-order valence-corrected chi connectivity index (χ4v) is 4.24. The van der Waals surface area contributed by atoms with E-state index in [1.165, 1.54) is 5.56 Å². The molecular weight excluding hydrogens is 400 g/mol. The van der Waals surface area contributed by atoms with Crippen LogP contribution < -0.4 is 9.80 Å². The van der Waals surface area contributed by atoms with Gasteiger partial charge in [-0.2, -0.15) is 0 Å². The van der Waals surface area contributed by atoms with Crippen LogP contribution in [0, 0.1) is 13.8 Å². The molecule has 0 aliphatic carbocycles. The fourth-order valence-electron chi connectivity index (χ4n) is 4.08. The second-order valence-electron chi connectivity index (χ2n) is 7.99. The predicted octanol–water partition coefficient (Wildman–Crippen LogP) is 3.55. The van der Waals surface area contributed by atoms with E-state index >= 15 is 0 Å². The summed E-state index contributed by atoms with van der Waals surface area (Å²) in [6.07, 6.45) is 0. The number of anilines is 2. The van der Waals surface area contributed by atoms with Gasteiger partial charge in [-0.3, -0.25) is 9.69 Å². The highest BCUT2D eigenvalue weighted by atomic mass is 35.5. The van der Waals surface area contributed by atoms with Gasteiger partial charge in [-0.25, -0.2) is 4.79 Å². The SMILES string of the molecule is Cc1ccc(N2CCN(CC(=O)N3CCN(c4cc(Cl)ccc4C)CC3)C2=O)cc1. The molecule has 2 aromatic rings. The number of carbonyl (C=O) groups excluding carboxylic acids is 2. The van der Waals surface area contributed by atoms with E-state index in [9.17, 15) is 9.59 Å². The molecule has 0 saturated carbocycles. The van der Waals surface area contributed by atoms with Crippen molar-refractivity contribution in [1.29, 1.82) is 0 Å². The van der Waals surface area contributed by atoms with Crippen molar-refractivity contribution in [1.82, 2.24) is 9.80 Å². The molecule has 0 atom stereocenters. The first kappa shape index (κ1) is 20.5. The van der Waals surface area contributed by atoms with Crippen LogP contribution in [0.5, 0.6) is 0 Å². The molecule has 0 aromatic heterocycles. The van der Waals surface area contributed by atoms with E-state index in [2.05, 4.69) is 11.8 Å². The van der Waals surface area contributed by atoms with Crippen LogP contribution in [0.4, 0.5) is 16.2 Å². The van der Waals surface area contributed by atoms with Crippen molar-refractivity contribution in [2.24, 2.45) is 0 Å². The number of piperazine rings is 1. The molecule has 30 heavy (non-hydrogen) atoms. The van der Waals surface area contributed by atoms with Crippen molar-refractivity contribution in [3.05, 3.63) is 58.6 Å². The van der Waals surface area contributed by atoms with Crippen LogP contribution in [0.2, 0.25) is 5.02 Å². The van der Waals surface area contributed by atoms with Gasteiger partial charge in [-0.1, -0.05) is 35.4 Å². The minimum Gasteiger partial charge on any atom is -0.368 e. The van der Waals surface area contributed by atoms with Crippen LogP contribution in [0.3, 0.4) is 0 Å². The van der Waals surface area contributed by atoms with E-state index in [0.717, 1.165) is 35.1 Å². The van der Waals surface area contributed by atoms with Crippen molar-refractivity contribution in [2.45, 2.75) is 13.8 Å². The zero-order valence-corrected chi connectivity index (χ0v) is 18.2. The molecule has 2 fully saturated rings. The van der Waals surface area contributed by atoms with E-state index in [4.69, 9.17) is 11.6 Å².